The van der Waals surface area contributed by atoms with Crippen molar-refractivity contribution in [3.8, 4) is 5.75 Å². The second-order valence-electron chi connectivity index (χ2n) is 5.60. The molecule has 1 aromatic carbocycles. The van der Waals surface area contributed by atoms with Crippen LogP contribution < -0.4 is 5.32 Å². The molecule has 2 nitrogen and oxygen atoms in total. The Morgan fingerprint density at radius 3 is 2.44 bits per heavy atom. The van der Waals surface area contributed by atoms with Crippen LogP contribution in [0.4, 0.5) is 0 Å². The molecule has 0 aromatic heterocycles. The number of hydrogen-bond donors (Lipinski definition) is 2. The predicted octanol–water partition coefficient (Wildman–Crippen LogP) is 4.18. The second-order valence-corrected chi connectivity index (χ2v) is 5.60. The number of rotatable bonds is 6. The Morgan fingerprint density at radius 2 is 1.89 bits per heavy atom. The smallest absolute Gasteiger partial charge is 0.120 e. The zero-order valence-corrected chi connectivity index (χ0v) is 12.3. The van der Waals surface area contributed by atoms with Crippen molar-refractivity contribution in [2.75, 3.05) is 0 Å². The Labute approximate surface area is 111 Å². The van der Waals surface area contributed by atoms with Crippen LogP contribution in [0.2, 0.25) is 0 Å². The molecular weight excluding hydrogens is 222 g/mol. The Kier molecular flexibility index (Phi) is 5.67. The van der Waals surface area contributed by atoms with Crippen molar-refractivity contribution in [1.29, 1.82) is 0 Å². The van der Waals surface area contributed by atoms with E-state index in [1.54, 1.807) is 0 Å². The van der Waals surface area contributed by atoms with E-state index in [1.807, 2.05) is 25.1 Å². The SMILES string of the molecule is CCC(C)CC(C)NC(C)c1ccc(C)cc1O. The van der Waals surface area contributed by atoms with Gasteiger partial charge in [-0.2, -0.15) is 0 Å². The van der Waals surface area contributed by atoms with E-state index in [0.29, 0.717) is 11.8 Å². The molecule has 0 fully saturated rings. The van der Waals surface area contributed by atoms with Crippen LogP contribution in [0, 0.1) is 12.8 Å². The molecule has 0 heterocycles. The monoisotopic (exact) mass is 249 g/mol. The first-order chi connectivity index (χ1) is 8.43. The summed E-state index contributed by atoms with van der Waals surface area (Å²) in [7, 11) is 0. The molecule has 0 aliphatic carbocycles. The molecule has 2 heteroatoms. The zero-order valence-electron chi connectivity index (χ0n) is 12.3. The van der Waals surface area contributed by atoms with E-state index in [-0.39, 0.29) is 6.04 Å². The third kappa shape index (κ3) is 4.34. The minimum absolute atomic E-state index is 0.185. The largest absolute Gasteiger partial charge is 0.508 e. The van der Waals surface area contributed by atoms with Crippen LogP contribution in [0.25, 0.3) is 0 Å². The van der Waals surface area contributed by atoms with Crippen molar-refractivity contribution in [2.45, 2.75) is 59.5 Å². The van der Waals surface area contributed by atoms with E-state index in [1.165, 1.54) is 12.8 Å². The summed E-state index contributed by atoms with van der Waals surface area (Å²) < 4.78 is 0. The van der Waals surface area contributed by atoms with Gasteiger partial charge in [0.25, 0.3) is 0 Å². The molecular formula is C16H27NO. The van der Waals surface area contributed by atoms with Crippen molar-refractivity contribution in [2.24, 2.45) is 5.92 Å². The Morgan fingerprint density at radius 1 is 1.22 bits per heavy atom. The minimum Gasteiger partial charge on any atom is -0.508 e. The highest BCUT2D eigenvalue weighted by Gasteiger charge is 2.14. The van der Waals surface area contributed by atoms with Gasteiger partial charge in [-0.05, 0) is 44.7 Å². The summed E-state index contributed by atoms with van der Waals surface area (Å²) in [5.41, 5.74) is 2.08. The first kappa shape index (κ1) is 15.0. The topological polar surface area (TPSA) is 32.3 Å². The summed E-state index contributed by atoms with van der Waals surface area (Å²) in [4.78, 5) is 0. The van der Waals surface area contributed by atoms with Crippen molar-refractivity contribution < 1.29 is 5.11 Å². The molecule has 3 atom stereocenters. The van der Waals surface area contributed by atoms with Crippen LogP contribution in [-0.2, 0) is 0 Å². The normalized spacial score (nSPS) is 16.3. The van der Waals surface area contributed by atoms with Gasteiger partial charge in [-0.25, -0.2) is 0 Å². The molecule has 2 N–H and O–H groups in total. The average molecular weight is 249 g/mol. The van der Waals surface area contributed by atoms with Crippen LogP contribution in [0.5, 0.6) is 5.75 Å². The van der Waals surface area contributed by atoms with E-state index < -0.39 is 0 Å². The van der Waals surface area contributed by atoms with Gasteiger partial charge >= 0.3 is 0 Å². The quantitative estimate of drug-likeness (QED) is 0.793. The van der Waals surface area contributed by atoms with E-state index >= 15 is 0 Å². The number of aromatic hydroxyl groups is 1. The fourth-order valence-electron chi connectivity index (χ4n) is 2.37. The first-order valence-electron chi connectivity index (χ1n) is 6.99. The van der Waals surface area contributed by atoms with Crippen molar-refractivity contribution >= 4 is 0 Å². The lowest BCUT2D eigenvalue weighted by molar-refractivity contribution is 0.378. The number of nitrogens with one attached hydrogen (secondary N) is 1. The molecule has 3 unspecified atom stereocenters. The molecule has 0 bridgehead atoms. The van der Waals surface area contributed by atoms with Gasteiger partial charge in [0.1, 0.15) is 5.75 Å². The zero-order chi connectivity index (χ0) is 13.7. The maximum atomic E-state index is 9.96. The number of phenolic OH excluding ortho intramolecular Hbond substituents is 1. The highest BCUT2D eigenvalue weighted by Crippen LogP contribution is 2.25. The van der Waals surface area contributed by atoms with E-state index in [9.17, 15) is 5.11 Å². The van der Waals surface area contributed by atoms with Gasteiger partial charge < -0.3 is 10.4 Å². The maximum absolute atomic E-state index is 9.96. The van der Waals surface area contributed by atoms with Crippen LogP contribution in [0.1, 0.15) is 57.7 Å². The summed E-state index contributed by atoms with van der Waals surface area (Å²) >= 11 is 0. The van der Waals surface area contributed by atoms with Gasteiger partial charge in [-0.3, -0.25) is 0 Å². The standard InChI is InChI=1S/C16H27NO/c1-6-11(2)9-13(4)17-14(5)15-8-7-12(3)10-16(15)18/h7-8,10-11,13-14,17-18H,6,9H2,1-5H3. The summed E-state index contributed by atoms with van der Waals surface area (Å²) in [6.45, 7) is 10.8. The molecule has 18 heavy (non-hydrogen) atoms. The molecule has 1 aromatic rings. The lowest BCUT2D eigenvalue weighted by atomic mass is 9.98. The van der Waals surface area contributed by atoms with Gasteiger partial charge in [-0.1, -0.05) is 32.4 Å². The lowest BCUT2D eigenvalue weighted by Crippen LogP contribution is -2.30. The van der Waals surface area contributed by atoms with Crippen LogP contribution in [0.3, 0.4) is 0 Å². The van der Waals surface area contributed by atoms with Crippen molar-refractivity contribution in [3.63, 3.8) is 0 Å². The third-order valence-electron chi connectivity index (χ3n) is 3.64. The van der Waals surface area contributed by atoms with Gasteiger partial charge in [0, 0.05) is 17.6 Å². The third-order valence-corrected chi connectivity index (χ3v) is 3.64. The van der Waals surface area contributed by atoms with Gasteiger partial charge in [0.15, 0.2) is 0 Å². The van der Waals surface area contributed by atoms with E-state index in [0.717, 1.165) is 17.0 Å². The first-order valence-corrected chi connectivity index (χ1v) is 6.99. The van der Waals surface area contributed by atoms with E-state index in [4.69, 9.17) is 0 Å². The molecule has 0 aliphatic heterocycles. The lowest BCUT2D eigenvalue weighted by Gasteiger charge is -2.23. The Hall–Kier alpha value is -1.02. The fourth-order valence-corrected chi connectivity index (χ4v) is 2.37. The molecule has 0 amide bonds. The highest BCUT2D eigenvalue weighted by molar-refractivity contribution is 5.37. The number of hydrogen-bond acceptors (Lipinski definition) is 2. The van der Waals surface area contributed by atoms with Crippen LogP contribution >= 0.6 is 0 Å². The second kappa shape index (κ2) is 6.79. The molecule has 0 spiro atoms. The summed E-state index contributed by atoms with van der Waals surface area (Å²) in [5, 5.41) is 13.5. The van der Waals surface area contributed by atoms with Gasteiger partial charge in [0.05, 0.1) is 0 Å². The molecule has 0 saturated heterocycles. The Bertz CT molecular complexity index is 375. The van der Waals surface area contributed by atoms with E-state index in [2.05, 4.69) is 33.0 Å². The molecule has 102 valence electrons. The molecule has 1 rings (SSSR count). The maximum Gasteiger partial charge on any atom is 0.120 e. The minimum atomic E-state index is 0.185. The van der Waals surface area contributed by atoms with Crippen molar-refractivity contribution in [3.05, 3.63) is 29.3 Å². The number of aryl methyl sites for hydroxylation is 1. The van der Waals surface area contributed by atoms with Crippen molar-refractivity contribution in [1.82, 2.24) is 5.32 Å². The molecule has 0 radical (unpaired) electrons. The van der Waals surface area contributed by atoms with Crippen LogP contribution in [0.15, 0.2) is 18.2 Å². The Balaban J connectivity index is 2.61. The van der Waals surface area contributed by atoms with Gasteiger partial charge in [-0.15, -0.1) is 0 Å². The highest BCUT2D eigenvalue weighted by atomic mass is 16.3. The molecule has 0 saturated carbocycles. The predicted molar refractivity (Wildman–Crippen MR) is 77.9 cm³/mol. The number of phenols is 1. The molecule has 0 aliphatic rings. The summed E-state index contributed by atoms with van der Waals surface area (Å²) in [6.07, 6.45) is 2.39. The van der Waals surface area contributed by atoms with Gasteiger partial charge in [0.2, 0.25) is 0 Å². The average Bonchev–Trinajstić information content (AvgIpc) is 2.28. The fraction of sp³-hybridized carbons (Fsp3) is 0.625. The summed E-state index contributed by atoms with van der Waals surface area (Å²) in [6, 6.07) is 6.54. The number of benzene rings is 1. The summed E-state index contributed by atoms with van der Waals surface area (Å²) in [5.74, 6) is 1.14. The van der Waals surface area contributed by atoms with Crippen LogP contribution in [-0.4, -0.2) is 11.1 Å².